The average Bonchev–Trinajstić information content (AvgIpc) is 2.42. The number of carboxylic acids is 1. The van der Waals surface area contributed by atoms with Gasteiger partial charge < -0.3 is 15.2 Å². The maximum absolute atomic E-state index is 10.3. The summed E-state index contributed by atoms with van der Waals surface area (Å²) in [5.41, 5.74) is 0.830. The second kappa shape index (κ2) is 6.34. The summed E-state index contributed by atoms with van der Waals surface area (Å²) in [6, 6.07) is 8.88. The van der Waals surface area contributed by atoms with E-state index < -0.39 is 5.97 Å². The third kappa shape index (κ3) is 4.27. The van der Waals surface area contributed by atoms with Crippen LogP contribution in [0.5, 0.6) is 5.75 Å². The number of carboxylic acid groups (broad SMARTS) is 1. The van der Waals surface area contributed by atoms with Crippen LogP contribution in [0.1, 0.15) is 6.42 Å². The Hall–Kier alpha value is -2.63. The van der Waals surface area contributed by atoms with E-state index in [-0.39, 0.29) is 13.0 Å². The first-order chi connectivity index (χ1) is 9.24. The van der Waals surface area contributed by atoms with Crippen LogP contribution in [0.4, 0.5) is 11.6 Å². The third-order valence-corrected chi connectivity index (χ3v) is 2.26. The van der Waals surface area contributed by atoms with Crippen molar-refractivity contribution in [2.24, 2.45) is 0 Å². The van der Waals surface area contributed by atoms with E-state index in [1.807, 2.05) is 12.1 Å². The summed E-state index contributed by atoms with van der Waals surface area (Å²) in [4.78, 5) is 18.4. The topological polar surface area (TPSA) is 84.3 Å². The number of nitrogens with zero attached hydrogens (tertiary/aromatic N) is 2. The van der Waals surface area contributed by atoms with Crippen LogP contribution in [0.3, 0.4) is 0 Å². The van der Waals surface area contributed by atoms with Crippen molar-refractivity contribution in [3.63, 3.8) is 0 Å². The van der Waals surface area contributed by atoms with Gasteiger partial charge >= 0.3 is 5.97 Å². The first-order valence-electron chi connectivity index (χ1n) is 5.73. The van der Waals surface area contributed by atoms with Gasteiger partial charge in [0.15, 0.2) is 0 Å². The molecule has 0 amide bonds. The maximum atomic E-state index is 10.3. The Morgan fingerprint density at radius 3 is 2.53 bits per heavy atom. The molecule has 0 atom stereocenters. The lowest BCUT2D eigenvalue weighted by atomic mass is 10.3. The standard InChI is InChI=1S/C13H13N3O3/c17-12(18)6-9-19-11-4-2-10(3-5-11)16-13-14-7-1-8-15-13/h1-5,7-8H,6,9H2,(H,17,18)(H,14,15,16). The average molecular weight is 259 g/mol. The minimum absolute atomic E-state index is 0.0160. The minimum atomic E-state index is -0.875. The van der Waals surface area contributed by atoms with Crippen LogP contribution in [0.25, 0.3) is 0 Å². The largest absolute Gasteiger partial charge is 0.493 e. The van der Waals surface area contributed by atoms with Crippen LogP contribution in [0.15, 0.2) is 42.7 Å². The predicted molar refractivity (Wildman–Crippen MR) is 69.5 cm³/mol. The summed E-state index contributed by atoms with van der Waals surface area (Å²) in [5.74, 6) is 0.266. The number of ether oxygens (including phenoxy) is 1. The van der Waals surface area contributed by atoms with E-state index in [2.05, 4.69) is 15.3 Å². The van der Waals surface area contributed by atoms with Crippen LogP contribution < -0.4 is 10.1 Å². The van der Waals surface area contributed by atoms with Gasteiger partial charge in [-0.1, -0.05) is 0 Å². The number of aromatic nitrogens is 2. The number of hydrogen-bond donors (Lipinski definition) is 2. The molecule has 0 aliphatic heterocycles. The molecule has 6 nitrogen and oxygen atoms in total. The van der Waals surface area contributed by atoms with Crippen LogP contribution in [0.2, 0.25) is 0 Å². The van der Waals surface area contributed by atoms with Gasteiger partial charge in [0.05, 0.1) is 13.0 Å². The molecule has 0 bridgehead atoms. The van der Waals surface area contributed by atoms with Crippen LogP contribution in [0, 0.1) is 0 Å². The van der Waals surface area contributed by atoms with Gasteiger partial charge in [0.1, 0.15) is 5.75 Å². The fourth-order valence-corrected chi connectivity index (χ4v) is 1.38. The van der Waals surface area contributed by atoms with Crippen LogP contribution in [-0.4, -0.2) is 27.7 Å². The monoisotopic (exact) mass is 259 g/mol. The SMILES string of the molecule is O=C(O)CCOc1ccc(Nc2ncccn2)cc1. The second-order valence-corrected chi connectivity index (χ2v) is 3.71. The zero-order valence-corrected chi connectivity index (χ0v) is 10.1. The van der Waals surface area contributed by atoms with Gasteiger partial charge in [-0.25, -0.2) is 9.97 Å². The molecule has 2 rings (SSSR count). The highest BCUT2D eigenvalue weighted by atomic mass is 16.5. The summed E-state index contributed by atoms with van der Waals surface area (Å²) in [6.07, 6.45) is 3.29. The molecule has 0 spiro atoms. The molecular formula is C13H13N3O3. The highest BCUT2D eigenvalue weighted by molar-refractivity contribution is 5.66. The van der Waals surface area contributed by atoms with E-state index in [9.17, 15) is 4.79 Å². The number of aliphatic carboxylic acids is 1. The Bertz CT molecular complexity index is 529. The van der Waals surface area contributed by atoms with E-state index in [0.29, 0.717) is 11.7 Å². The molecule has 1 aromatic heterocycles. The van der Waals surface area contributed by atoms with E-state index in [0.717, 1.165) is 5.69 Å². The van der Waals surface area contributed by atoms with Crippen LogP contribution >= 0.6 is 0 Å². The summed E-state index contributed by atoms with van der Waals surface area (Å²) in [6.45, 7) is 0.157. The Kier molecular flexibility index (Phi) is 4.28. The highest BCUT2D eigenvalue weighted by Crippen LogP contribution is 2.17. The molecule has 1 aromatic carbocycles. The van der Waals surface area contributed by atoms with Crippen molar-refractivity contribution in [3.8, 4) is 5.75 Å². The van der Waals surface area contributed by atoms with Crippen molar-refractivity contribution in [3.05, 3.63) is 42.7 Å². The summed E-state index contributed by atoms with van der Waals surface area (Å²) in [5, 5.41) is 11.5. The second-order valence-electron chi connectivity index (χ2n) is 3.71. The van der Waals surface area contributed by atoms with Gasteiger partial charge in [0.25, 0.3) is 0 Å². The van der Waals surface area contributed by atoms with Crippen molar-refractivity contribution < 1.29 is 14.6 Å². The molecule has 0 aliphatic rings. The summed E-state index contributed by atoms with van der Waals surface area (Å²) < 4.78 is 5.28. The van der Waals surface area contributed by atoms with E-state index in [1.165, 1.54) is 0 Å². The lowest BCUT2D eigenvalue weighted by Crippen LogP contribution is -2.04. The number of hydrogen-bond acceptors (Lipinski definition) is 5. The van der Waals surface area contributed by atoms with Crippen molar-refractivity contribution in [2.45, 2.75) is 6.42 Å². The fourth-order valence-electron chi connectivity index (χ4n) is 1.38. The minimum Gasteiger partial charge on any atom is -0.493 e. The van der Waals surface area contributed by atoms with Crippen molar-refractivity contribution in [1.29, 1.82) is 0 Å². The van der Waals surface area contributed by atoms with E-state index in [4.69, 9.17) is 9.84 Å². The molecule has 0 aliphatic carbocycles. The Morgan fingerprint density at radius 2 is 1.89 bits per heavy atom. The molecule has 0 saturated heterocycles. The van der Waals surface area contributed by atoms with Gasteiger partial charge in [-0.05, 0) is 30.3 Å². The molecule has 6 heteroatoms. The third-order valence-electron chi connectivity index (χ3n) is 2.26. The number of benzene rings is 1. The van der Waals surface area contributed by atoms with E-state index in [1.54, 1.807) is 30.6 Å². The molecule has 19 heavy (non-hydrogen) atoms. The van der Waals surface area contributed by atoms with Gasteiger partial charge in [-0.3, -0.25) is 4.79 Å². The first kappa shape index (κ1) is 12.8. The van der Waals surface area contributed by atoms with Crippen molar-refractivity contribution in [1.82, 2.24) is 9.97 Å². The fraction of sp³-hybridized carbons (Fsp3) is 0.154. The molecular weight excluding hydrogens is 246 g/mol. The van der Waals surface area contributed by atoms with Crippen molar-refractivity contribution in [2.75, 3.05) is 11.9 Å². The molecule has 1 heterocycles. The van der Waals surface area contributed by atoms with E-state index >= 15 is 0 Å². The van der Waals surface area contributed by atoms with Gasteiger partial charge in [0.2, 0.25) is 5.95 Å². The normalized spacial score (nSPS) is 9.89. The maximum Gasteiger partial charge on any atom is 0.306 e. The highest BCUT2D eigenvalue weighted by Gasteiger charge is 2.00. The quantitative estimate of drug-likeness (QED) is 0.826. The Balaban J connectivity index is 1.89. The molecule has 0 unspecified atom stereocenters. The van der Waals surface area contributed by atoms with Crippen LogP contribution in [-0.2, 0) is 4.79 Å². The molecule has 0 saturated carbocycles. The zero-order chi connectivity index (χ0) is 13.5. The van der Waals surface area contributed by atoms with Gasteiger partial charge in [0, 0.05) is 18.1 Å². The number of anilines is 2. The predicted octanol–water partition coefficient (Wildman–Crippen LogP) is 2.07. The van der Waals surface area contributed by atoms with Gasteiger partial charge in [-0.15, -0.1) is 0 Å². The summed E-state index contributed by atoms with van der Waals surface area (Å²) in [7, 11) is 0. The molecule has 2 N–H and O–H groups in total. The number of nitrogens with one attached hydrogen (secondary N) is 1. The Labute approximate surface area is 110 Å². The lowest BCUT2D eigenvalue weighted by Gasteiger charge is -2.07. The zero-order valence-electron chi connectivity index (χ0n) is 10.1. The molecule has 0 radical (unpaired) electrons. The summed E-state index contributed by atoms with van der Waals surface area (Å²) >= 11 is 0. The molecule has 98 valence electrons. The smallest absolute Gasteiger partial charge is 0.306 e. The van der Waals surface area contributed by atoms with Crippen molar-refractivity contribution >= 4 is 17.6 Å². The van der Waals surface area contributed by atoms with Gasteiger partial charge in [-0.2, -0.15) is 0 Å². The number of rotatable bonds is 6. The Morgan fingerprint density at radius 1 is 1.21 bits per heavy atom. The first-order valence-corrected chi connectivity index (χ1v) is 5.73. The number of carbonyl (C=O) groups is 1. The molecule has 0 fully saturated rings. The molecule has 2 aromatic rings. The lowest BCUT2D eigenvalue weighted by molar-refractivity contribution is -0.137.